The number of aromatic amines is 1. The summed E-state index contributed by atoms with van der Waals surface area (Å²) in [5, 5.41) is 1.07. The molecule has 2 aromatic heterocycles. The number of aryl methyl sites for hydroxylation is 1. The first-order chi connectivity index (χ1) is 11.5. The van der Waals surface area contributed by atoms with Gasteiger partial charge < -0.3 is 14.8 Å². The molecule has 5 heteroatoms. The number of aromatic nitrogens is 1. The Balaban J connectivity index is 1.83. The van der Waals surface area contributed by atoms with Crippen LogP contribution in [0.1, 0.15) is 20.1 Å². The zero-order valence-corrected chi connectivity index (χ0v) is 15.2. The molecule has 126 valence electrons. The molecule has 0 aliphatic heterocycles. The van der Waals surface area contributed by atoms with E-state index in [9.17, 15) is 4.79 Å². The molecule has 3 rings (SSSR count). The number of benzene rings is 1. The largest absolute Gasteiger partial charge is 0.361 e. The van der Waals surface area contributed by atoms with Crippen molar-refractivity contribution in [1.82, 2.24) is 14.8 Å². The molecule has 0 unspecified atom stereocenters. The van der Waals surface area contributed by atoms with Gasteiger partial charge in [-0.05, 0) is 57.4 Å². The number of amides is 1. The smallest absolute Gasteiger partial charge is 0.254 e. The number of carbonyl (C=O) groups is 1. The zero-order valence-electron chi connectivity index (χ0n) is 14.4. The number of carbonyl (C=O) groups excluding carboxylic acids is 1. The normalized spacial score (nSPS) is 11.3. The lowest BCUT2D eigenvalue weighted by atomic mass is 10.1. The van der Waals surface area contributed by atoms with E-state index in [4.69, 9.17) is 0 Å². The maximum absolute atomic E-state index is 13.0. The van der Waals surface area contributed by atoms with Gasteiger partial charge in [0.1, 0.15) is 0 Å². The average Bonchev–Trinajstić information content (AvgIpc) is 3.18. The molecule has 0 atom stereocenters. The van der Waals surface area contributed by atoms with E-state index in [2.05, 4.69) is 28.9 Å². The number of fused-ring (bicyclic) bond motifs is 1. The lowest BCUT2D eigenvalue weighted by Gasteiger charge is -2.24. The van der Waals surface area contributed by atoms with E-state index >= 15 is 0 Å². The standard InChI is InChI=1S/C19H23N3OS/c1-14-4-6-17(24-14)13-22(11-10-21(2)3)19(23)16-5-7-18-15(12-16)8-9-20-18/h4-9,12,20H,10-11,13H2,1-3H3. The first-order valence-corrected chi connectivity index (χ1v) is 8.91. The van der Waals surface area contributed by atoms with Crippen molar-refractivity contribution in [2.45, 2.75) is 13.5 Å². The Hall–Kier alpha value is -2.11. The van der Waals surface area contributed by atoms with Crippen LogP contribution in [0.5, 0.6) is 0 Å². The van der Waals surface area contributed by atoms with Crippen LogP contribution in [0, 0.1) is 6.92 Å². The third-order valence-corrected chi connectivity index (χ3v) is 5.03. The zero-order chi connectivity index (χ0) is 17.1. The fourth-order valence-electron chi connectivity index (χ4n) is 2.70. The number of rotatable bonds is 6. The van der Waals surface area contributed by atoms with Crippen LogP contribution in [0.25, 0.3) is 10.9 Å². The Morgan fingerprint density at radius 2 is 1.96 bits per heavy atom. The van der Waals surface area contributed by atoms with Gasteiger partial charge in [-0.2, -0.15) is 0 Å². The van der Waals surface area contributed by atoms with Gasteiger partial charge >= 0.3 is 0 Å². The monoisotopic (exact) mass is 341 g/mol. The topological polar surface area (TPSA) is 39.3 Å². The van der Waals surface area contributed by atoms with E-state index in [1.54, 1.807) is 11.3 Å². The summed E-state index contributed by atoms with van der Waals surface area (Å²) < 4.78 is 0. The summed E-state index contributed by atoms with van der Waals surface area (Å²) in [6.07, 6.45) is 1.90. The van der Waals surface area contributed by atoms with Crippen molar-refractivity contribution in [1.29, 1.82) is 0 Å². The van der Waals surface area contributed by atoms with E-state index in [0.29, 0.717) is 13.1 Å². The van der Waals surface area contributed by atoms with Crippen LogP contribution in [-0.2, 0) is 6.54 Å². The molecule has 1 amide bonds. The highest BCUT2D eigenvalue weighted by Crippen LogP contribution is 2.20. The molecule has 0 aliphatic carbocycles. The quantitative estimate of drug-likeness (QED) is 0.742. The van der Waals surface area contributed by atoms with Crippen LogP contribution in [0.4, 0.5) is 0 Å². The summed E-state index contributed by atoms with van der Waals surface area (Å²) in [6, 6.07) is 12.1. The molecule has 0 radical (unpaired) electrons. The number of likely N-dealkylation sites (N-methyl/N-ethyl adjacent to an activating group) is 1. The number of nitrogens with zero attached hydrogens (tertiary/aromatic N) is 2. The van der Waals surface area contributed by atoms with E-state index in [0.717, 1.165) is 23.0 Å². The van der Waals surface area contributed by atoms with Crippen molar-refractivity contribution < 1.29 is 4.79 Å². The van der Waals surface area contributed by atoms with Crippen LogP contribution in [0.3, 0.4) is 0 Å². The van der Waals surface area contributed by atoms with E-state index in [1.807, 2.05) is 49.5 Å². The lowest BCUT2D eigenvalue weighted by Crippen LogP contribution is -2.36. The number of hydrogen-bond donors (Lipinski definition) is 1. The Morgan fingerprint density at radius 1 is 1.12 bits per heavy atom. The van der Waals surface area contributed by atoms with Gasteiger partial charge in [-0.15, -0.1) is 11.3 Å². The molecule has 2 heterocycles. The summed E-state index contributed by atoms with van der Waals surface area (Å²) >= 11 is 1.75. The molecule has 0 saturated carbocycles. The van der Waals surface area contributed by atoms with Crippen LogP contribution in [0.2, 0.25) is 0 Å². The van der Waals surface area contributed by atoms with Crippen molar-refractivity contribution in [3.8, 4) is 0 Å². The summed E-state index contributed by atoms with van der Waals surface area (Å²) in [4.78, 5) is 22.8. The first-order valence-electron chi connectivity index (χ1n) is 8.09. The molecule has 0 fully saturated rings. The third kappa shape index (κ3) is 3.86. The third-order valence-electron chi connectivity index (χ3n) is 4.05. The Morgan fingerprint density at radius 3 is 2.67 bits per heavy atom. The minimum Gasteiger partial charge on any atom is -0.361 e. The fraction of sp³-hybridized carbons (Fsp3) is 0.316. The second-order valence-electron chi connectivity index (χ2n) is 6.32. The fourth-order valence-corrected chi connectivity index (χ4v) is 3.61. The van der Waals surface area contributed by atoms with E-state index in [-0.39, 0.29) is 5.91 Å². The number of nitrogens with one attached hydrogen (secondary N) is 1. The molecule has 0 aliphatic rings. The van der Waals surface area contributed by atoms with Crippen molar-refractivity contribution in [2.24, 2.45) is 0 Å². The van der Waals surface area contributed by atoms with Crippen molar-refractivity contribution in [3.05, 3.63) is 57.9 Å². The second-order valence-corrected chi connectivity index (χ2v) is 7.69. The molecular formula is C19H23N3OS. The van der Waals surface area contributed by atoms with Crippen molar-refractivity contribution in [2.75, 3.05) is 27.2 Å². The van der Waals surface area contributed by atoms with Gasteiger partial charge in [0, 0.05) is 45.5 Å². The van der Waals surface area contributed by atoms with Crippen LogP contribution < -0.4 is 0 Å². The number of hydrogen-bond acceptors (Lipinski definition) is 3. The molecule has 4 nitrogen and oxygen atoms in total. The van der Waals surface area contributed by atoms with Crippen molar-refractivity contribution in [3.63, 3.8) is 0 Å². The molecule has 0 saturated heterocycles. The van der Waals surface area contributed by atoms with Gasteiger partial charge in [0.2, 0.25) is 0 Å². The van der Waals surface area contributed by atoms with Gasteiger partial charge in [0.25, 0.3) is 5.91 Å². The lowest BCUT2D eigenvalue weighted by molar-refractivity contribution is 0.0734. The highest BCUT2D eigenvalue weighted by Gasteiger charge is 2.17. The van der Waals surface area contributed by atoms with E-state index < -0.39 is 0 Å². The predicted molar refractivity (Wildman–Crippen MR) is 101 cm³/mol. The number of thiophene rings is 1. The molecule has 0 bridgehead atoms. The highest BCUT2D eigenvalue weighted by molar-refractivity contribution is 7.11. The summed E-state index contributed by atoms with van der Waals surface area (Å²) in [7, 11) is 4.06. The van der Waals surface area contributed by atoms with Gasteiger partial charge in [-0.3, -0.25) is 4.79 Å². The average molecular weight is 341 g/mol. The summed E-state index contributed by atoms with van der Waals surface area (Å²) in [5.41, 5.74) is 1.80. The molecule has 3 aromatic rings. The Kier molecular flexibility index (Phi) is 5.02. The Labute approximate surface area is 146 Å². The summed E-state index contributed by atoms with van der Waals surface area (Å²) in [6.45, 7) is 4.33. The van der Waals surface area contributed by atoms with Gasteiger partial charge in [0.05, 0.1) is 6.54 Å². The minimum absolute atomic E-state index is 0.0889. The van der Waals surface area contributed by atoms with Gasteiger partial charge in [0.15, 0.2) is 0 Å². The van der Waals surface area contributed by atoms with Crippen LogP contribution in [-0.4, -0.2) is 47.9 Å². The molecule has 0 spiro atoms. The highest BCUT2D eigenvalue weighted by atomic mass is 32.1. The number of H-pyrrole nitrogens is 1. The summed E-state index contributed by atoms with van der Waals surface area (Å²) in [5.74, 6) is 0.0889. The maximum atomic E-state index is 13.0. The SMILES string of the molecule is Cc1ccc(CN(CCN(C)C)C(=O)c2ccc3[nH]ccc3c2)s1. The van der Waals surface area contributed by atoms with E-state index in [1.165, 1.54) is 9.75 Å². The molecule has 24 heavy (non-hydrogen) atoms. The molecule has 1 aromatic carbocycles. The molecular weight excluding hydrogens is 318 g/mol. The first kappa shape index (κ1) is 16.7. The van der Waals surface area contributed by atoms with Crippen LogP contribution >= 0.6 is 11.3 Å². The second kappa shape index (κ2) is 7.20. The maximum Gasteiger partial charge on any atom is 0.254 e. The van der Waals surface area contributed by atoms with Crippen molar-refractivity contribution >= 4 is 28.1 Å². The van der Waals surface area contributed by atoms with Gasteiger partial charge in [-0.1, -0.05) is 0 Å². The predicted octanol–water partition coefficient (Wildman–Crippen LogP) is 3.74. The van der Waals surface area contributed by atoms with Crippen LogP contribution in [0.15, 0.2) is 42.6 Å². The van der Waals surface area contributed by atoms with Gasteiger partial charge in [-0.25, -0.2) is 0 Å². The molecule has 1 N–H and O–H groups in total. The Bertz CT molecular complexity index is 834. The minimum atomic E-state index is 0.0889.